The maximum Gasteiger partial charge on any atom is 0.389 e. The van der Waals surface area contributed by atoms with Crippen LogP contribution >= 0.6 is 0 Å². The van der Waals surface area contributed by atoms with E-state index in [1.165, 1.54) is 48.5 Å². The van der Waals surface area contributed by atoms with Gasteiger partial charge in [0.1, 0.15) is 23.0 Å². The number of fused-ring (bicyclic) bond motifs is 8. The summed E-state index contributed by atoms with van der Waals surface area (Å²) in [5.74, 6) is 0.370. The third-order valence-corrected chi connectivity index (χ3v) is 9.99. The Morgan fingerprint density at radius 1 is 0.312 bits per heavy atom. The van der Waals surface area contributed by atoms with Crippen molar-refractivity contribution in [2.75, 3.05) is 49.4 Å². The lowest BCUT2D eigenvalue weighted by Gasteiger charge is -2.24. The van der Waals surface area contributed by atoms with Gasteiger partial charge in [0.15, 0.2) is 0 Å². The quantitative estimate of drug-likeness (QED) is 0.0436. The lowest BCUT2D eigenvalue weighted by Crippen LogP contribution is -2.14. The summed E-state index contributed by atoms with van der Waals surface area (Å²) in [5, 5.41) is 0. The molecule has 8 bridgehead atoms. The van der Waals surface area contributed by atoms with Crippen molar-refractivity contribution < 1.29 is 71.6 Å². The van der Waals surface area contributed by atoms with E-state index in [0.717, 1.165) is 0 Å². The molecule has 0 atom stereocenters. The summed E-state index contributed by atoms with van der Waals surface area (Å²) in [6.07, 6.45) is -25.0. The highest BCUT2D eigenvalue weighted by Crippen LogP contribution is 2.42. The summed E-state index contributed by atoms with van der Waals surface area (Å²) in [7, 11) is 0. The van der Waals surface area contributed by atoms with E-state index in [0.29, 0.717) is 44.5 Å². The van der Waals surface area contributed by atoms with E-state index >= 15 is 0 Å². The Morgan fingerprint density at radius 2 is 0.469 bits per heavy atom. The van der Waals surface area contributed by atoms with Crippen LogP contribution in [0.4, 0.5) is 75.4 Å². The number of benzene rings is 4. The molecule has 0 amide bonds. The first-order valence-corrected chi connectivity index (χ1v) is 20.3. The van der Waals surface area contributed by atoms with Crippen LogP contribution in [-0.4, -0.2) is 51.1 Å². The van der Waals surface area contributed by atoms with Crippen LogP contribution in [0.1, 0.15) is 95.9 Å². The molecule has 0 heterocycles. The topological polar surface area (TPSA) is 141 Å². The fourth-order valence-electron chi connectivity index (χ4n) is 7.53. The molecule has 0 saturated heterocycles. The number of nitrogens with two attached hydrogens (primary N) is 4. The van der Waals surface area contributed by atoms with E-state index in [1.807, 2.05) is 0 Å². The zero-order chi connectivity index (χ0) is 47.0. The highest BCUT2D eigenvalue weighted by atomic mass is 19.4. The molecule has 4 aromatic carbocycles. The standard InChI is InChI=1S/C44H48F12N4O4/c45-41(46,47)5-1-9-61-37-25-13-27-19-34(58)21-29(38(27)62-10-2-6-42(48,49)50)15-31-23-36(60)24-32(40(31)64-12-4-8-44(54,55)56)16-30-22-35(59)20-28(14-26(37)18-33(57)17-25)39(30)63-11-3-7-43(51,52)53/h17-24H,1-16,57-60H2. The second kappa shape index (κ2) is 20.5. The smallest absolute Gasteiger partial charge is 0.389 e. The second-order valence-corrected chi connectivity index (χ2v) is 15.6. The molecule has 0 fully saturated rings. The van der Waals surface area contributed by atoms with E-state index in [2.05, 4.69) is 0 Å². The van der Waals surface area contributed by atoms with Gasteiger partial charge < -0.3 is 41.9 Å². The van der Waals surface area contributed by atoms with Crippen LogP contribution in [0, 0.1) is 0 Å². The molecule has 8 nitrogen and oxygen atoms in total. The number of ether oxygens (including phenoxy) is 4. The molecule has 5 rings (SSSR count). The lowest BCUT2D eigenvalue weighted by atomic mass is 9.90. The predicted octanol–water partition coefficient (Wildman–Crippen LogP) is 11.6. The van der Waals surface area contributed by atoms with Gasteiger partial charge in [0.2, 0.25) is 0 Å². The molecular weight excluding hydrogens is 876 g/mol. The van der Waals surface area contributed by atoms with Gasteiger partial charge in [-0.15, -0.1) is 0 Å². The van der Waals surface area contributed by atoms with E-state index < -0.39 is 102 Å². The molecule has 0 aliphatic heterocycles. The lowest BCUT2D eigenvalue weighted by molar-refractivity contribution is -0.137. The second-order valence-electron chi connectivity index (χ2n) is 15.6. The Kier molecular flexibility index (Phi) is 15.9. The number of rotatable bonds is 16. The fraction of sp³-hybridized carbons (Fsp3) is 0.455. The van der Waals surface area contributed by atoms with Crippen molar-refractivity contribution >= 4 is 22.7 Å². The van der Waals surface area contributed by atoms with Gasteiger partial charge >= 0.3 is 24.7 Å². The average molecular weight is 925 g/mol. The number of hydrogen-bond acceptors (Lipinski definition) is 8. The minimum atomic E-state index is -4.50. The van der Waals surface area contributed by atoms with Crippen molar-refractivity contribution in [1.29, 1.82) is 0 Å². The van der Waals surface area contributed by atoms with Crippen LogP contribution in [-0.2, 0) is 25.7 Å². The van der Waals surface area contributed by atoms with Crippen molar-refractivity contribution in [2.24, 2.45) is 0 Å². The average Bonchev–Trinajstić information content (AvgIpc) is 3.13. The Bertz CT molecular complexity index is 1820. The van der Waals surface area contributed by atoms with Crippen LogP contribution in [0.3, 0.4) is 0 Å². The number of anilines is 4. The Morgan fingerprint density at radius 3 is 0.609 bits per heavy atom. The first kappa shape index (κ1) is 49.5. The summed E-state index contributed by atoms with van der Waals surface area (Å²) in [5.41, 5.74) is 28.9. The number of halogens is 12. The van der Waals surface area contributed by atoms with Crippen molar-refractivity contribution in [1.82, 2.24) is 0 Å². The van der Waals surface area contributed by atoms with Gasteiger partial charge in [0.25, 0.3) is 0 Å². The van der Waals surface area contributed by atoms with Crippen LogP contribution in [0.2, 0.25) is 0 Å². The molecule has 0 spiro atoms. The Balaban J connectivity index is 1.75. The molecule has 8 N–H and O–H groups in total. The van der Waals surface area contributed by atoms with Gasteiger partial charge in [0.05, 0.1) is 26.4 Å². The zero-order valence-electron chi connectivity index (χ0n) is 34.4. The molecule has 0 unspecified atom stereocenters. The minimum absolute atomic E-state index is 0.0926. The van der Waals surface area contributed by atoms with Gasteiger partial charge in [0, 0.05) is 119 Å². The zero-order valence-corrected chi connectivity index (χ0v) is 34.4. The van der Waals surface area contributed by atoms with Crippen molar-refractivity contribution in [2.45, 2.75) is 102 Å². The molecule has 0 saturated carbocycles. The molecule has 4 aromatic rings. The van der Waals surface area contributed by atoms with Gasteiger partial charge in [-0.25, -0.2) is 0 Å². The predicted molar refractivity (Wildman–Crippen MR) is 218 cm³/mol. The maximum atomic E-state index is 13.2. The maximum absolute atomic E-state index is 13.2. The van der Waals surface area contributed by atoms with Crippen molar-refractivity contribution in [3.05, 3.63) is 93.0 Å². The normalized spacial score (nSPS) is 13.4. The number of nitrogen functional groups attached to an aromatic ring is 4. The summed E-state index contributed by atoms with van der Waals surface area (Å²) < 4.78 is 183. The molecule has 1 aliphatic rings. The molecule has 352 valence electrons. The van der Waals surface area contributed by atoms with Gasteiger partial charge in [-0.2, -0.15) is 52.7 Å². The van der Waals surface area contributed by atoms with E-state index in [-0.39, 0.29) is 71.4 Å². The SMILES string of the molecule is Nc1cc2c(OCCCC(F)(F)F)c(c1)Cc1cc(N)cc(c1OCCCC(F)(F)F)Cc1cc(N)cc(c1OCCCC(F)(F)F)Cc1cc(N)cc(c1OCCCC(F)(F)F)C2. The van der Waals surface area contributed by atoms with Crippen LogP contribution in [0.5, 0.6) is 23.0 Å². The van der Waals surface area contributed by atoms with Gasteiger partial charge in [-0.3, -0.25) is 0 Å². The largest absolute Gasteiger partial charge is 0.493 e. The van der Waals surface area contributed by atoms with E-state index in [4.69, 9.17) is 41.9 Å². The van der Waals surface area contributed by atoms with Gasteiger partial charge in [-0.05, 0) is 74.2 Å². The number of hydrogen-bond donors (Lipinski definition) is 4. The Hall–Kier alpha value is -5.56. The van der Waals surface area contributed by atoms with Crippen LogP contribution in [0.15, 0.2) is 48.5 Å². The molecule has 20 heteroatoms. The van der Waals surface area contributed by atoms with E-state index in [9.17, 15) is 52.7 Å². The highest BCUT2D eigenvalue weighted by molar-refractivity contribution is 5.64. The van der Waals surface area contributed by atoms with Crippen molar-refractivity contribution in [3.63, 3.8) is 0 Å². The molecule has 64 heavy (non-hydrogen) atoms. The molecule has 1 aliphatic carbocycles. The molecular formula is C44H48F12N4O4. The highest BCUT2D eigenvalue weighted by Gasteiger charge is 2.30. The fourth-order valence-corrected chi connectivity index (χ4v) is 7.53. The van der Waals surface area contributed by atoms with E-state index in [1.54, 1.807) is 0 Å². The first-order valence-electron chi connectivity index (χ1n) is 20.3. The minimum Gasteiger partial charge on any atom is -0.493 e. The summed E-state index contributed by atoms with van der Waals surface area (Å²) in [6, 6.07) is 12.0. The third kappa shape index (κ3) is 15.3. The first-order chi connectivity index (χ1) is 29.8. The third-order valence-electron chi connectivity index (χ3n) is 9.99. The number of alkyl halides is 12. The van der Waals surface area contributed by atoms with Crippen molar-refractivity contribution in [3.8, 4) is 23.0 Å². The van der Waals surface area contributed by atoms with Gasteiger partial charge in [-0.1, -0.05) is 0 Å². The molecule has 0 aromatic heterocycles. The molecule has 0 radical (unpaired) electrons. The monoisotopic (exact) mass is 924 g/mol. The summed E-state index contributed by atoms with van der Waals surface area (Å²) >= 11 is 0. The Labute approximate surface area is 361 Å². The van der Waals surface area contributed by atoms with Crippen LogP contribution in [0.25, 0.3) is 0 Å². The summed E-state index contributed by atoms with van der Waals surface area (Å²) in [4.78, 5) is 0. The summed E-state index contributed by atoms with van der Waals surface area (Å²) in [6.45, 7) is -1.68. The van der Waals surface area contributed by atoms with Crippen LogP contribution < -0.4 is 41.9 Å².